The van der Waals surface area contributed by atoms with Crippen molar-refractivity contribution in [3.8, 4) is 11.5 Å². The molecule has 0 aromatic heterocycles. The molecule has 0 heterocycles. The number of nitrogens with zero attached hydrogens (tertiary/aromatic N) is 2. The maximum atomic E-state index is 11.1. The second-order valence-corrected chi connectivity index (χ2v) is 8.73. The average molecular weight is 543 g/mol. The van der Waals surface area contributed by atoms with E-state index in [0.29, 0.717) is 31.2 Å². The number of guanidine groups is 1. The third-order valence-corrected chi connectivity index (χ3v) is 4.95. The average Bonchev–Trinajstić information content (AvgIpc) is 2.63. The molecular formula is C19H34IN3O5S. The lowest BCUT2D eigenvalue weighted by Crippen LogP contribution is -2.38. The van der Waals surface area contributed by atoms with E-state index in [9.17, 15) is 8.42 Å². The fraction of sp³-hybridized carbons (Fsp3) is 0.632. The second-order valence-electron chi connectivity index (χ2n) is 6.47. The lowest BCUT2D eigenvalue weighted by atomic mass is 10.1. The molecule has 0 radical (unpaired) electrons. The van der Waals surface area contributed by atoms with Gasteiger partial charge in [-0.2, -0.15) is 0 Å². The van der Waals surface area contributed by atoms with Crippen molar-refractivity contribution in [2.24, 2.45) is 4.99 Å². The fourth-order valence-corrected chi connectivity index (χ4v) is 2.94. The van der Waals surface area contributed by atoms with E-state index in [2.05, 4.69) is 10.3 Å². The Hall–Kier alpha value is -1.27. The summed E-state index contributed by atoms with van der Waals surface area (Å²) in [5.74, 6) is 2.18. The minimum atomic E-state index is -3.00. The lowest BCUT2D eigenvalue weighted by Gasteiger charge is -2.23. The van der Waals surface area contributed by atoms with Crippen molar-refractivity contribution in [1.29, 1.82) is 0 Å². The summed E-state index contributed by atoms with van der Waals surface area (Å²) in [4.78, 5) is 6.57. The molecule has 0 aliphatic carbocycles. The number of nitrogens with one attached hydrogen (secondary N) is 1. The number of ether oxygens (including phenoxy) is 3. The van der Waals surface area contributed by atoms with Crippen molar-refractivity contribution >= 4 is 39.8 Å². The van der Waals surface area contributed by atoms with Gasteiger partial charge in [0.2, 0.25) is 0 Å². The van der Waals surface area contributed by atoms with Crippen LogP contribution in [-0.2, 0) is 21.1 Å². The molecule has 1 rings (SSSR count). The SMILES string of the molecule is CCNC(=NCCOCCS(C)(=O)=O)N(C)Cc1cc(OC)c(OC)cc1C.I. The topological polar surface area (TPSA) is 89.5 Å². The first-order valence-electron chi connectivity index (χ1n) is 9.18. The number of methoxy groups -OCH3 is 2. The highest BCUT2D eigenvalue weighted by Gasteiger charge is 2.12. The van der Waals surface area contributed by atoms with Crippen LogP contribution in [0.3, 0.4) is 0 Å². The van der Waals surface area contributed by atoms with E-state index in [0.717, 1.165) is 23.6 Å². The third-order valence-electron chi connectivity index (χ3n) is 4.04. The van der Waals surface area contributed by atoms with Gasteiger partial charge in [0.1, 0.15) is 9.84 Å². The van der Waals surface area contributed by atoms with Gasteiger partial charge in [0, 0.05) is 26.4 Å². The van der Waals surface area contributed by atoms with Crippen LogP contribution in [0, 0.1) is 6.92 Å². The molecule has 168 valence electrons. The standard InChI is InChI=1S/C19H33N3O5S.HI/c1-7-20-19(21-8-9-27-10-11-28(6,23)24)22(3)14-16-13-18(26-5)17(25-4)12-15(16)2;/h12-13H,7-11,14H2,1-6H3,(H,20,21);1H. The molecule has 0 saturated carbocycles. The van der Waals surface area contributed by atoms with Crippen LogP contribution in [0.5, 0.6) is 11.5 Å². The van der Waals surface area contributed by atoms with Gasteiger partial charge < -0.3 is 24.4 Å². The minimum Gasteiger partial charge on any atom is -0.493 e. The lowest BCUT2D eigenvalue weighted by molar-refractivity contribution is 0.157. The van der Waals surface area contributed by atoms with Crippen LogP contribution in [0.1, 0.15) is 18.1 Å². The minimum absolute atomic E-state index is 0. The quantitative estimate of drug-likeness (QED) is 0.198. The van der Waals surface area contributed by atoms with Crippen LogP contribution in [0.25, 0.3) is 0 Å². The second kappa shape index (κ2) is 13.9. The van der Waals surface area contributed by atoms with Crippen LogP contribution < -0.4 is 14.8 Å². The van der Waals surface area contributed by atoms with Gasteiger partial charge in [0.05, 0.1) is 39.7 Å². The highest BCUT2D eigenvalue weighted by atomic mass is 127. The van der Waals surface area contributed by atoms with E-state index in [-0.39, 0.29) is 36.3 Å². The van der Waals surface area contributed by atoms with Gasteiger partial charge in [-0.25, -0.2) is 8.42 Å². The van der Waals surface area contributed by atoms with Crippen molar-refractivity contribution in [3.05, 3.63) is 23.3 Å². The Morgan fingerprint density at radius 3 is 2.34 bits per heavy atom. The molecule has 0 spiro atoms. The van der Waals surface area contributed by atoms with Crippen molar-refractivity contribution in [3.63, 3.8) is 0 Å². The third kappa shape index (κ3) is 10.4. The molecule has 29 heavy (non-hydrogen) atoms. The first-order chi connectivity index (χ1) is 13.2. The van der Waals surface area contributed by atoms with Crippen LogP contribution >= 0.6 is 24.0 Å². The van der Waals surface area contributed by atoms with Crippen LogP contribution in [0.4, 0.5) is 0 Å². The maximum absolute atomic E-state index is 11.1. The molecule has 0 aliphatic heterocycles. The normalized spacial score (nSPS) is 11.6. The Labute approximate surface area is 191 Å². The summed E-state index contributed by atoms with van der Waals surface area (Å²) in [5, 5.41) is 3.26. The molecule has 0 saturated heterocycles. The summed E-state index contributed by atoms with van der Waals surface area (Å²) in [6.45, 7) is 6.43. The van der Waals surface area contributed by atoms with Crippen molar-refractivity contribution in [1.82, 2.24) is 10.2 Å². The van der Waals surface area contributed by atoms with Crippen LogP contribution in [-0.4, -0.2) is 78.9 Å². The summed E-state index contributed by atoms with van der Waals surface area (Å²) in [6.07, 6.45) is 1.20. The van der Waals surface area contributed by atoms with E-state index in [4.69, 9.17) is 14.2 Å². The predicted molar refractivity (Wildman–Crippen MR) is 128 cm³/mol. The number of hydrogen-bond acceptors (Lipinski definition) is 6. The zero-order chi connectivity index (χ0) is 21.2. The summed E-state index contributed by atoms with van der Waals surface area (Å²) in [7, 11) is 2.20. The predicted octanol–water partition coefficient (Wildman–Crippen LogP) is 2.09. The summed E-state index contributed by atoms with van der Waals surface area (Å²) in [5.41, 5.74) is 2.21. The Morgan fingerprint density at radius 2 is 1.79 bits per heavy atom. The Kier molecular flexibility index (Phi) is 13.3. The van der Waals surface area contributed by atoms with E-state index < -0.39 is 9.84 Å². The molecule has 10 heteroatoms. The Morgan fingerprint density at radius 1 is 1.17 bits per heavy atom. The summed E-state index contributed by atoms with van der Waals surface area (Å²) < 4.78 is 38.3. The van der Waals surface area contributed by atoms with E-state index in [1.807, 2.05) is 37.9 Å². The first kappa shape index (κ1) is 27.7. The highest BCUT2D eigenvalue weighted by molar-refractivity contribution is 14.0. The summed E-state index contributed by atoms with van der Waals surface area (Å²) >= 11 is 0. The van der Waals surface area contributed by atoms with E-state index >= 15 is 0 Å². The number of aliphatic imine (C=N–C) groups is 1. The van der Waals surface area contributed by atoms with Gasteiger partial charge in [0.15, 0.2) is 17.5 Å². The summed E-state index contributed by atoms with van der Waals surface area (Å²) in [6, 6.07) is 3.93. The van der Waals surface area contributed by atoms with Gasteiger partial charge in [-0.15, -0.1) is 24.0 Å². The van der Waals surface area contributed by atoms with Crippen LogP contribution in [0.2, 0.25) is 0 Å². The number of benzene rings is 1. The number of sulfone groups is 1. The number of rotatable bonds is 11. The molecule has 0 amide bonds. The van der Waals surface area contributed by atoms with E-state index in [1.54, 1.807) is 14.2 Å². The molecule has 8 nitrogen and oxygen atoms in total. The highest BCUT2D eigenvalue weighted by Crippen LogP contribution is 2.30. The molecule has 1 N–H and O–H groups in total. The molecule has 0 bridgehead atoms. The molecular weight excluding hydrogens is 509 g/mol. The number of halogens is 1. The van der Waals surface area contributed by atoms with Crippen molar-refractivity contribution < 1.29 is 22.6 Å². The first-order valence-corrected chi connectivity index (χ1v) is 11.2. The van der Waals surface area contributed by atoms with Crippen molar-refractivity contribution in [2.75, 3.05) is 59.6 Å². The van der Waals surface area contributed by atoms with Gasteiger partial charge >= 0.3 is 0 Å². The van der Waals surface area contributed by atoms with Crippen molar-refractivity contribution in [2.45, 2.75) is 20.4 Å². The fourth-order valence-electron chi connectivity index (χ4n) is 2.52. The van der Waals surface area contributed by atoms with Crippen LogP contribution in [0.15, 0.2) is 17.1 Å². The van der Waals surface area contributed by atoms with Gasteiger partial charge in [0.25, 0.3) is 0 Å². The monoisotopic (exact) mass is 543 g/mol. The Balaban J connectivity index is 0.00000784. The largest absolute Gasteiger partial charge is 0.493 e. The molecule has 0 aliphatic rings. The zero-order valence-corrected chi connectivity index (χ0v) is 21.3. The van der Waals surface area contributed by atoms with E-state index in [1.165, 1.54) is 6.26 Å². The number of hydrogen-bond donors (Lipinski definition) is 1. The molecule has 1 aromatic rings. The van der Waals surface area contributed by atoms with Gasteiger partial charge in [-0.3, -0.25) is 4.99 Å². The molecule has 1 aromatic carbocycles. The zero-order valence-electron chi connectivity index (χ0n) is 18.1. The van der Waals surface area contributed by atoms with Gasteiger partial charge in [-0.05, 0) is 37.1 Å². The van der Waals surface area contributed by atoms with Gasteiger partial charge in [-0.1, -0.05) is 0 Å². The molecule has 0 fully saturated rings. The number of aryl methyl sites for hydroxylation is 1. The molecule has 0 atom stereocenters. The molecule has 0 unspecified atom stereocenters. The smallest absolute Gasteiger partial charge is 0.194 e. The Bertz CT molecular complexity index is 756. The maximum Gasteiger partial charge on any atom is 0.194 e.